The quantitative estimate of drug-likeness (QED) is 0.638. The van der Waals surface area contributed by atoms with Crippen LogP contribution < -0.4 is 10.0 Å². The molecule has 3 rings (SSSR count). The van der Waals surface area contributed by atoms with Crippen molar-refractivity contribution in [2.45, 2.75) is 32.2 Å². The van der Waals surface area contributed by atoms with Gasteiger partial charge in [0.2, 0.25) is 10.0 Å². The number of amides is 2. The van der Waals surface area contributed by atoms with E-state index in [-0.39, 0.29) is 24.9 Å². The molecule has 0 radical (unpaired) electrons. The molecule has 1 atom stereocenters. The molecule has 6 nitrogen and oxygen atoms in total. The van der Waals surface area contributed by atoms with E-state index >= 15 is 0 Å². The van der Waals surface area contributed by atoms with Gasteiger partial charge in [-0.15, -0.1) is 0 Å². The fraction of sp³-hybridized carbons (Fsp3) is 0.381. The monoisotopic (exact) mass is 473 g/mol. The third-order valence-electron chi connectivity index (χ3n) is 5.29. The van der Waals surface area contributed by atoms with Crippen molar-refractivity contribution in [3.8, 4) is 11.1 Å². The highest BCUT2D eigenvalue weighted by molar-refractivity contribution is 7.89. The number of urea groups is 1. The highest BCUT2D eigenvalue weighted by Gasteiger charge is 2.27. The molecule has 0 unspecified atom stereocenters. The number of nitrogens with one attached hydrogen (secondary N) is 2. The van der Waals surface area contributed by atoms with Crippen LogP contribution in [0.25, 0.3) is 11.1 Å². The van der Waals surface area contributed by atoms with Gasteiger partial charge in [-0.05, 0) is 50.5 Å². The van der Waals surface area contributed by atoms with E-state index in [0.29, 0.717) is 19.3 Å². The van der Waals surface area contributed by atoms with E-state index in [2.05, 4.69) is 10.0 Å². The minimum absolute atomic E-state index is 0.0675. The molecule has 11 heteroatoms. The number of anilines is 1. The summed E-state index contributed by atoms with van der Waals surface area (Å²) in [5.41, 5.74) is -2.19. The number of rotatable bonds is 5. The lowest BCUT2D eigenvalue weighted by atomic mass is 10.0. The molecular formula is C21H23F4N3O3S. The normalized spacial score (nSPS) is 17.2. The molecule has 1 aliphatic heterocycles. The van der Waals surface area contributed by atoms with E-state index in [1.807, 2.05) is 0 Å². The zero-order valence-electron chi connectivity index (χ0n) is 17.3. The van der Waals surface area contributed by atoms with Gasteiger partial charge in [-0.1, -0.05) is 6.07 Å². The van der Waals surface area contributed by atoms with E-state index in [4.69, 9.17) is 0 Å². The Kier molecular flexibility index (Phi) is 7.40. The molecule has 2 N–H and O–H groups in total. The van der Waals surface area contributed by atoms with Crippen molar-refractivity contribution in [3.05, 3.63) is 53.6 Å². The van der Waals surface area contributed by atoms with E-state index in [9.17, 15) is 30.8 Å². The number of hydrogen-bond donors (Lipinski definition) is 2. The Morgan fingerprint density at radius 2 is 1.59 bits per heavy atom. The number of carbonyl (C=O) groups is 1. The number of sulfonamides is 1. The molecule has 2 amide bonds. The van der Waals surface area contributed by atoms with Gasteiger partial charge in [-0.2, -0.15) is 0 Å². The Hall–Kier alpha value is -2.66. The van der Waals surface area contributed by atoms with Crippen LogP contribution in [-0.2, 0) is 10.0 Å². The summed E-state index contributed by atoms with van der Waals surface area (Å²) in [6.45, 7) is 1.92. The summed E-state index contributed by atoms with van der Waals surface area (Å²) >= 11 is 0. The van der Waals surface area contributed by atoms with Gasteiger partial charge in [0.25, 0.3) is 0 Å². The number of halogens is 4. The first kappa shape index (κ1) is 24.0. The molecule has 174 valence electrons. The first-order chi connectivity index (χ1) is 15.1. The Bertz CT molecular complexity index is 1090. The van der Waals surface area contributed by atoms with Gasteiger partial charge >= 0.3 is 6.03 Å². The van der Waals surface area contributed by atoms with Crippen molar-refractivity contribution < 1.29 is 30.8 Å². The van der Waals surface area contributed by atoms with E-state index in [0.717, 1.165) is 30.3 Å². The summed E-state index contributed by atoms with van der Waals surface area (Å²) in [6.07, 6.45) is 1.31. The lowest BCUT2D eigenvalue weighted by Gasteiger charge is -2.23. The molecule has 0 aliphatic carbocycles. The number of carbonyl (C=O) groups excluding carboxylic acids is 1. The third kappa shape index (κ3) is 5.39. The summed E-state index contributed by atoms with van der Waals surface area (Å²) in [6, 6.07) is 3.23. The minimum Gasteiger partial charge on any atom is -0.324 e. The van der Waals surface area contributed by atoms with Crippen LogP contribution in [0.3, 0.4) is 0 Å². The van der Waals surface area contributed by atoms with E-state index in [1.54, 1.807) is 0 Å². The lowest BCUT2D eigenvalue weighted by molar-refractivity contribution is 0.213. The summed E-state index contributed by atoms with van der Waals surface area (Å²) < 4.78 is 83.8. The molecule has 0 bridgehead atoms. The summed E-state index contributed by atoms with van der Waals surface area (Å²) in [7, 11) is -3.41. The van der Waals surface area contributed by atoms with Crippen LogP contribution in [-0.4, -0.2) is 44.2 Å². The molecular weight excluding hydrogens is 450 g/mol. The maximum atomic E-state index is 14.6. The van der Waals surface area contributed by atoms with Gasteiger partial charge < -0.3 is 10.2 Å². The number of likely N-dealkylation sites (tertiary alicyclic amines) is 1. The second-order valence-corrected chi connectivity index (χ2v) is 9.48. The first-order valence-corrected chi connectivity index (χ1v) is 11.8. The molecule has 0 saturated carbocycles. The second kappa shape index (κ2) is 9.86. The Morgan fingerprint density at radius 3 is 2.25 bits per heavy atom. The summed E-state index contributed by atoms with van der Waals surface area (Å²) in [4.78, 5) is 14.1. The van der Waals surface area contributed by atoms with Gasteiger partial charge in [-0.25, -0.2) is 35.5 Å². The SMILES string of the molecule is CCS(=O)(=O)N[C@H]1CCCN(C(=O)Nc2c(F)ccc(F)c2-c2c(F)cccc2F)CC1. The van der Waals surface area contributed by atoms with E-state index in [1.165, 1.54) is 11.8 Å². The van der Waals surface area contributed by atoms with Gasteiger partial charge in [0.1, 0.15) is 23.3 Å². The van der Waals surface area contributed by atoms with Gasteiger partial charge in [0, 0.05) is 19.1 Å². The predicted molar refractivity (Wildman–Crippen MR) is 113 cm³/mol. The zero-order chi connectivity index (χ0) is 23.5. The Balaban J connectivity index is 1.84. The maximum absolute atomic E-state index is 14.6. The second-order valence-electron chi connectivity index (χ2n) is 7.44. The van der Waals surface area contributed by atoms with Crippen molar-refractivity contribution in [1.29, 1.82) is 0 Å². The molecule has 1 aliphatic rings. The van der Waals surface area contributed by atoms with Crippen LogP contribution >= 0.6 is 0 Å². The average molecular weight is 473 g/mol. The van der Waals surface area contributed by atoms with Gasteiger partial charge in [0.05, 0.1) is 22.6 Å². The molecule has 2 aromatic carbocycles. The summed E-state index contributed by atoms with van der Waals surface area (Å²) in [5, 5.41) is 2.24. The predicted octanol–water partition coefficient (Wildman–Crippen LogP) is 4.24. The van der Waals surface area contributed by atoms with Gasteiger partial charge in [-0.3, -0.25) is 0 Å². The minimum atomic E-state index is -3.41. The van der Waals surface area contributed by atoms with Crippen LogP contribution in [0.2, 0.25) is 0 Å². The standard InChI is InChI=1S/C21H23F4N3O3S/c1-2-32(30,31)27-13-5-4-11-28(12-10-13)21(29)26-20-17(25)9-8-16(24)19(20)18-14(22)6-3-7-15(18)23/h3,6-9,13,27H,2,4-5,10-12H2,1H3,(H,26,29)/t13-/m0/s1. The molecule has 1 fully saturated rings. The molecule has 2 aromatic rings. The number of hydrogen-bond acceptors (Lipinski definition) is 3. The highest BCUT2D eigenvalue weighted by Crippen LogP contribution is 2.36. The Morgan fingerprint density at radius 1 is 0.969 bits per heavy atom. The zero-order valence-corrected chi connectivity index (χ0v) is 18.1. The fourth-order valence-electron chi connectivity index (χ4n) is 3.60. The molecule has 1 heterocycles. The Labute approximate surface area is 183 Å². The van der Waals surface area contributed by atoms with Crippen LogP contribution in [0, 0.1) is 23.3 Å². The average Bonchev–Trinajstić information content (AvgIpc) is 2.97. The molecule has 0 aromatic heterocycles. The van der Waals surface area contributed by atoms with Crippen molar-refractivity contribution in [2.24, 2.45) is 0 Å². The maximum Gasteiger partial charge on any atom is 0.321 e. The smallest absolute Gasteiger partial charge is 0.321 e. The summed E-state index contributed by atoms with van der Waals surface area (Å²) in [5.74, 6) is -4.44. The topological polar surface area (TPSA) is 78.5 Å². The molecule has 0 spiro atoms. The van der Waals surface area contributed by atoms with Crippen LogP contribution in [0.5, 0.6) is 0 Å². The largest absolute Gasteiger partial charge is 0.324 e. The van der Waals surface area contributed by atoms with Crippen LogP contribution in [0.1, 0.15) is 26.2 Å². The highest BCUT2D eigenvalue weighted by atomic mass is 32.2. The fourth-order valence-corrected chi connectivity index (χ4v) is 4.51. The molecule has 32 heavy (non-hydrogen) atoms. The third-order valence-corrected chi connectivity index (χ3v) is 6.74. The van der Waals surface area contributed by atoms with Crippen molar-refractivity contribution >= 4 is 21.7 Å². The van der Waals surface area contributed by atoms with Crippen molar-refractivity contribution in [2.75, 3.05) is 24.2 Å². The van der Waals surface area contributed by atoms with Gasteiger partial charge in [0.15, 0.2) is 0 Å². The number of nitrogens with zero attached hydrogens (tertiary/aromatic N) is 1. The van der Waals surface area contributed by atoms with Crippen molar-refractivity contribution in [3.63, 3.8) is 0 Å². The number of benzene rings is 2. The van der Waals surface area contributed by atoms with Crippen molar-refractivity contribution in [1.82, 2.24) is 9.62 Å². The lowest BCUT2D eigenvalue weighted by Crippen LogP contribution is -2.38. The molecule has 1 saturated heterocycles. The van der Waals surface area contributed by atoms with E-state index < -0.39 is 56.1 Å². The first-order valence-electron chi connectivity index (χ1n) is 10.1. The van der Waals surface area contributed by atoms with Crippen LogP contribution in [0.4, 0.5) is 28.0 Å². The van der Waals surface area contributed by atoms with Crippen LogP contribution in [0.15, 0.2) is 30.3 Å².